The number of piperazine rings is 1. The van der Waals surface area contributed by atoms with E-state index in [0.717, 1.165) is 33.2 Å². The molecule has 0 saturated carbocycles. The van der Waals surface area contributed by atoms with Crippen molar-refractivity contribution in [2.45, 2.75) is 20.8 Å². The highest BCUT2D eigenvalue weighted by Crippen LogP contribution is 2.43. The van der Waals surface area contributed by atoms with Crippen LogP contribution in [0.1, 0.15) is 25.0 Å². The van der Waals surface area contributed by atoms with Crippen LogP contribution in [0.25, 0.3) is 27.7 Å². The summed E-state index contributed by atoms with van der Waals surface area (Å²) < 4.78 is 22.8. The minimum atomic E-state index is -0.0858. The zero-order valence-corrected chi connectivity index (χ0v) is 21.6. The smallest absolute Gasteiger partial charge is 0.246 e. The van der Waals surface area contributed by atoms with E-state index in [2.05, 4.69) is 0 Å². The van der Waals surface area contributed by atoms with E-state index in [4.69, 9.17) is 18.6 Å². The van der Waals surface area contributed by atoms with Crippen molar-refractivity contribution in [2.24, 2.45) is 0 Å². The van der Waals surface area contributed by atoms with E-state index in [1.54, 1.807) is 50.4 Å². The Kier molecular flexibility index (Phi) is 7.24. The molecule has 0 aliphatic carbocycles. The number of allylic oxidation sites excluding steroid dienone is 1. The third-order valence-electron chi connectivity index (χ3n) is 6.75. The molecular formula is C28H32N2O6. The van der Waals surface area contributed by atoms with E-state index in [1.807, 2.05) is 38.1 Å². The first kappa shape index (κ1) is 25.2. The summed E-state index contributed by atoms with van der Waals surface area (Å²) in [4.78, 5) is 28.2. The van der Waals surface area contributed by atoms with Gasteiger partial charge in [-0.25, -0.2) is 0 Å². The Morgan fingerprint density at radius 3 is 2.22 bits per heavy atom. The molecule has 0 spiro atoms. The van der Waals surface area contributed by atoms with Gasteiger partial charge < -0.3 is 28.4 Å². The fraction of sp³-hybridized carbons (Fsp3) is 0.357. The predicted molar refractivity (Wildman–Crippen MR) is 139 cm³/mol. The molecule has 0 bridgehead atoms. The van der Waals surface area contributed by atoms with E-state index in [-0.39, 0.29) is 11.8 Å². The summed E-state index contributed by atoms with van der Waals surface area (Å²) in [6.45, 7) is 7.51. The summed E-state index contributed by atoms with van der Waals surface area (Å²) in [7, 11) is 4.86. The van der Waals surface area contributed by atoms with Gasteiger partial charge in [0.1, 0.15) is 22.8 Å². The lowest BCUT2D eigenvalue weighted by molar-refractivity contribution is -0.135. The van der Waals surface area contributed by atoms with Gasteiger partial charge in [-0.1, -0.05) is 0 Å². The molecule has 4 rings (SSSR count). The number of amides is 2. The van der Waals surface area contributed by atoms with Crippen LogP contribution in [-0.4, -0.2) is 69.1 Å². The molecule has 8 heteroatoms. The van der Waals surface area contributed by atoms with Crippen LogP contribution in [0.4, 0.5) is 0 Å². The largest absolute Gasteiger partial charge is 0.497 e. The van der Waals surface area contributed by atoms with Crippen molar-refractivity contribution in [2.75, 3.05) is 47.5 Å². The van der Waals surface area contributed by atoms with Crippen LogP contribution in [0.15, 0.2) is 41.0 Å². The molecule has 0 N–H and O–H groups in total. The number of methoxy groups -OCH3 is 3. The molecule has 2 aromatic carbocycles. The molecular weight excluding hydrogens is 460 g/mol. The van der Waals surface area contributed by atoms with E-state index < -0.39 is 0 Å². The lowest BCUT2D eigenvalue weighted by Gasteiger charge is -2.33. The molecule has 2 heterocycles. The fourth-order valence-electron chi connectivity index (χ4n) is 4.70. The third kappa shape index (κ3) is 4.63. The molecule has 1 aliphatic heterocycles. The molecule has 8 nitrogen and oxygen atoms in total. The second kappa shape index (κ2) is 10.4. The van der Waals surface area contributed by atoms with E-state index >= 15 is 0 Å². The quantitative estimate of drug-likeness (QED) is 0.471. The maximum atomic E-state index is 13.1. The summed E-state index contributed by atoms with van der Waals surface area (Å²) >= 11 is 0. The van der Waals surface area contributed by atoms with Crippen molar-refractivity contribution < 1.29 is 28.2 Å². The van der Waals surface area contributed by atoms with Crippen LogP contribution < -0.4 is 14.2 Å². The molecule has 0 unspecified atom stereocenters. The zero-order chi connectivity index (χ0) is 26.0. The molecule has 190 valence electrons. The van der Waals surface area contributed by atoms with Crippen molar-refractivity contribution in [3.05, 3.63) is 47.7 Å². The number of furan rings is 1. The van der Waals surface area contributed by atoms with Gasteiger partial charge in [-0.15, -0.1) is 0 Å². The number of hydrogen-bond acceptors (Lipinski definition) is 6. The number of fused-ring (bicyclic) bond motifs is 1. The minimum absolute atomic E-state index is 0.0333. The summed E-state index contributed by atoms with van der Waals surface area (Å²) in [6, 6.07) is 7.61. The molecule has 1 aromatic heterocycles. The van der Waals surface area contributed by atoms with Crippen LogP contribution in [0.5, 0.6) is 17.2 Å². The molecule has 36 heavy (non-hydrogen) atoms. The SMILES string of the molecule is COc1ccc(OC)c(-c2coc3c(C)c(OC)c(/C(C)=C/C(=O)N4CCN(C(C)=O)CC4)cc23)c1. The highest BCUT2D eigenvalue weighted by molar-refractivity contribution is 6.02. The number of nitrogens with zero attached hydrogens (tertiary/aromatic N) is 2. The molecule has 2 amide bonds. The second-order valence-corrected chi connectivity index (χ2v) is 8.83. The van der Waals surface area contributed by atoms with Gasteiger partial charge >= 0.3 is 0 Å². The normalized spacial score (nSPS) is 14.2. The van der Waals surface area contributed by atoms with Crippen molar-refractivity contribution in [1.82, 2.24) is 9.80 Å². The van der Waals surface area contributed by atoms with Gasteiger partial charge in [0.05, 0.1) is 27.6 Å². The van der Waals surface area contributed by atoms with E-state index in [1.165, 1.54) is 0 Å². The topological polar surface area (TPSA) is 81.4 Å². The van der Waals surface area contributed by atoms with Gasteiger partial charge in [0.15, 0.2) is 0 Å². The predicted octanol–water partition coefficient (Wildman–Crippen LogP) is 4.53. The van der Waals surface area contributed by atoms with Gasteiger partial charge in [0.25, 0.3) is 0 Å². The van der Waals surface area contributed by atoms with E-state index in [0.29, 0.717) is 49.0 Å². The lowest BCUT2D eigenvalue weighted by Crippen LogP contribution is -2.49. The Bertz CT molecular complexity index is 1330. The highest BCUT2D eigenvalue weighted by Gasteiger charge is 2.23. The van der Waals surface area contributed by atoms with Crippen molar-refractivity contribution in [1.29, 1.82) is 0 Å². The standard InChI is InChI=1S/C28H32N2O6/c1-17(13-26(32)30-11-9-29(10-12-30)19(3)31)21-15-23-24(16-36-28(23)18(2)27(21)35-6)22-14-20(33-4)7-8-25(22)34-5/h7-8,13-16H,9-12H2,1-6H3/b17-13+. The number of ether oxygens (including phenoxy) is 3. The number of hydrogen-bond donors (Lipinski definition) is 0. The van der Waals surface area contributed by atoms with Gasteiger partial charge in [-0.05, 0) is 43.7 Å². The average molecular weight is 493 g/mol. The molecule has 0 radical (unpaired) electrons. The third-order valence-corrected chi connectivity index (χ3v) is 6.75. The lowest BCUT2D eigenvalue weighted by atomic mass is 9.96. The van der Waals surface area contributed by atoms with Crippen LogP contribution in [0, 0.1) is 6.92 Å². The number of carbonyl (C=O) groups is 2. The first-order chi connectivity index (χ1) is 17.3. The Morgan fingerprint density at radius 1 is 0.917 bits per heavy atom. The van der Waals surface area contributed by atoms with Crippen LogP contribution in [0.3, 0.4) is 0 Å². The van der Waals surface area contributed by atoms with Crippen LogP contribution in [-0.2, 0) is 9.59 Å². The highest BCUT2D eigenvalue weighted by atomic mass is 16.5. The van der Waals surface area contributed by atoms with Crippen molar-refractivity contribution >= 4 is 28.4 Å². The minimum Gasteiger partial charge on any atom is -0.497 e. The first-order valence-electron chi connectivity index (χ1n) is 11.8. The van der Waals surface area contributed by atoms with Gasteiger partial charge in [-0.2, -0.15) is 0 Å². The van der Waals surface area contributed by atoms with Crippen LogP contribution >= 0.6 is 0 Å². The average Bonchev–Trinajstić information content (AvgIpc) is 3.32. The molecule has 1 saturated heterocycles. The maximum absolute atomic E-state index is 13.1. The second-order valence-electron chi connectivity index (χ2n) is 8.83. The molecule has 1 aliphatic rings. The van der Waals surface area contributed by atoms with Crippen molar-refractivity contribution in [3.63, 3.8) is 0 Å². The number of benzene rings is 2. The van der Waals surface area contributed by atoms with Gasteiger partial charge in [0, 0.05) is 66.8 Å². The summed E-state index contributed by atoms with van der Waals surface area (Å²) in [5.41, 5.74) is 4.83. The molecule has 0 atom stereocenters. The van der Waals surface area contributed by atoms with Gasteiger partial charge in [-0.3, -0.25) is 9.59 Å². The monoisotopic (exact) mass is 492 g/mol. The Balaban J connectivity index is 1.75. The summed E-state index contributed by atoms with van der Waals surface area (Å²) in [6.07, 6.45) is 3.34. The molecule has 3 aromatic rings. The maximum Gasteiger partial charge on any atom is 0.246 e. The first-order valence-corrected chi connectivity index (χ1v) is 11.8. The number of aryl methyl sites for hydroxylation is 1. The Hall–Kier alpha value is -3.94. The summed E-state index contributed by atoms with van der Waals surface area (Å²) in [5.74, 6) is 2.00. The number of carbonyl (C=O) groups excluding carboxylic acids is 2. The number of rotatable bonds is 6. The fourth-order valence-corrected chi connectivity index (χ4v) is 4.70. The summed E-state index contributed by atoms with van der Waals surface area (Å²) in [5, 5.41) is 0.880. The Morgan fingerprint density at radius 2 is 1.61 bits per heavy atom. The van der Waals surface area contributed by atoms with Crippen LogP contribution in [0.2, 0.25) is 0 Å². The van der Waals surface area contributed by atoms with E-state index in [9.17, 15) is 9.59 Å². The van der Waals surface area contributed by atoms with Gasteiger partial charge in [0.2, 0.25) is 11.8 Å². The Labute approximate surface area is 211 Å². The zero-order valence-electron chi connectivity index (χ0n) is 21.6. The van der Waals surface area contributed by atoms with Crippen molar-refractivity contribution in [3.8, 4) is 28.4 Å². The molecule has 1 fully saturated rings.